The van der Waals surface area contributed by atoms with Gasteiger partial charge < -0.3 is 10.0 Å². The first-order valence-corrected chi connectivity index (χ1v) is 11.3. The van der Waals surface area contributed by atoms with E-state index in [4.69, 9.17) is 12.2 Å². The van der Waals surface area contributed by atoms with Crippen molar-refractivity contribution < 1.29 is 13.5 Å². The fourth-order valence-corrected chi connectivity index (χ4v) is 3.94. The predicted molar refractivity (Wildman–Crippen MR) is 120 cm³/mol. The minimum atomic E-state index is -3.83. The quantitative estimate of drug-likeness (QED) is 0.410. The zero-order valence-corrected chi connectivity index (χ0v) is 18.6. The molecule has 2 aromatic carbocycles. The van der Waals surface area contributed by atoms with Crippen LogP contribution in [0.3, 0.4) is 0 Å². The number of rotatable bonds is 6. The lowest BCUT2D eigenvalue weighted by Gasteiger charge is -2.15. The van der Waals surface area contributed by atoms with E-state index in [2.05, 4.69) is 9.93 Å². The van der Waals surface area contributed by atoms with E-state index in [1.165, 1.54) is 23.9 Å². The molecule has 28 heavy (non-hydrogen) atoms. The third kappa shape index (κ3) is 5.95. The lowest BCUT2D eigenvalue weighted by Crippen LogP contribution is -2.23. The molecule has 0 amide bonds. The van der Waals surface area contributed by atoms with Crippen molar-refractivity contribution in [3.63, 3.8) is 0 Å². The Bertz CT molecular complexity index is 985. The molecule has 0 atom stereocenters. The molecule has 0 unspecified atom stereocenters. The Labute approximate surface area is 175 Å². The minimum Gasteiger partial charge on any atom is -0.507 e. The van der Waals surface area contributed by atoms with Crippen molar-refractivity contribution in [1.82, 2.24) is 9.73 Å². The number of nitrogens with one attached hydrogen (secondary N) is 1. The van der Waals surface area contributed by atoms with Crippen molar-refractivity contribution in [3.8, 4) is 5.75 Å². The van der Waals surface area contributed by atoms with E-state index >= 15 is 0 Å². The Morgan fingerprint density at radius 1 is 1.14 bits per heavy atom. The lowest BCUT2D eigenvalue weighted by atomic mass is 10.1. The molecule has 150 valence electrons. The third-order valence-electron chi connectivity index (χ3n) is 3.79. The molecule has 0 saturated heterocycles. The van der Waals surface area contributed by atoms with Crippen LogP contribution in [-0.2, 0) is 10.0 Å². The fraction of sp³-hybridized carbons (Fsp3) is 0.263. The Morgan fingerprint density at radius 2 is 1.75 bits per heavy atom. The van der Waals surface area contributed by atoms with Crippen molar-refractivity contribution >= 4 is 44.0 Å². The van der Waals surface area contributed by atoms with Gasteiger partial charge in [0.15, 0.2) is 0 Å². The number of aryl methyl sites for hydroxylation is 2. The largest absolute Gasteiger partial charge is 0.507 e. The SMILES string of the molecule is Cc1ccc(S(=O)(=O)N/N=C(\CSC(=S)N(C)C)c2cc(C)ccc2O)cc1. The highest BCUT2D eigenvalue weighted by atomic mass is 32.2. The van der Waals surface area contributed by atoms with Gasteiger partial charge in [0, 0.05) is 25.4 Å². The van der Waals surface area contributed by atoms with Gasteiger partial charge in [-0.2, -0.15) is 18.4 Å². The van der Waals surface area contributed by atoms with Gasteiger partial charge in [-0.05, 0) is 38.1 Å². The van der Waals surface area contributed by atoms with Crippen LogP contribution in [0, 0.1) is 13.8 Å². The summed E-state index contributed by atoms with van der Waals surface area (Å²) in [5.41, 5.74) is 2.72. The number of sulfonamides is 1. The van der Waals surface area contributed by atoms with E-state index in [1.54, 1.807) is 35.2 Å². The molecule has 0 bridgehead atoms. The summed E-state index contributed by atoms with van der Waals surface area (Å²) in [6.45, 7) is 3.76. The van der Waals surface area contributed by atoms with Gasteiger partial charge in [-0.25, -0.2) is 0 Å². The van der Waals surface area contributed by atoms with E-state index in [0.717, 1.165) is 11.1 Å². The van der Waals surface area contributed by atoms with Crippen LogP contribution in [0.1, 0.15) is 16.7 Å². The van der Waals surface area contributed by atoms with Gasteiger partial charge >= 0.3 is 0 Å². The van der Waals surface area contributed by atoms with Gasteiger partial charge in [-0.15, -0.1) is 0 Å². The van der Waals surface area contributed by atoms with Gasteiger partial charge in [0.2, 0.25) is 0 Å². The summed E-state index contributed by atoms with van der Waals surface area (Å²) in [6, 6.07) is 11.6. The van der Waals surface area contributed by atoms with Crippen LogP contribution in [0.15, 0.2) is 52.5 Å². The van der Waals surface area contributed by atoms with Crippen molar-refractivity contribution in [2.75, 3.05) is 19.8 Å². The number of phenolic OH excluding ortho intramolecular Hbond substituents is 1. The maximum Gasteiger partial charge on any atom is 0.276 e. The lowest BCUT2D eigenvalue weighted by molar-refractivity contribution is 0.474. The molecule has 0 radical (unpaired) electrons. The summed E-state index contributed by atoms with van der Waals surface area (Å²) in [7, 11) is -0.170. The topological polar surface area (TPSA) is 82.0 Å². The molecule has 2 rings (SSSR count). The summed E-state index contributed by atoms with van der Waals surface area (Å²) in [5, 5.41) is 14.4. The Kier molecular flexibility index (Phi) is 7.45. The standard InChI is InChI=1S/C19H23N3O3S3/c1-13-5-8-15(9-6-13)28(24,25)21-20-17(12-27-19(26)22(3)4)16-11-14(2)7-10-18(16)23/h5-11,21,23H,12H2,1-4H3/b20-17+. The molecule has 2 N–H and O–H groups in total. The van der Waals surface area contributed by atoms with E-state index in [1.807, 2.05) is 27.9 Å². The molecular weight excluding hydrogens is 414 g/mol. The maximum absolute atomic E-state index is 12.6. The molecule has 0 aliphatic rings. The number of thiocarbonyl (C=S) groups is 1. The smallest absolute Gasteiger partial charge is 0.276 e. The van der Waals surface area contributed by atoms with Gasteiger partial charge in [-0.3, -0.25) is 0 Å². The molecule has 0 fully saturated rings. The molecule has 0 saturated carbocycles. The Morgan fingerprint density at radius 3 is 2.36 bits per heavy atom. The number of benzene rings is 2. The number of thioether (sulfide) groups is 1. The average Bonchev–Trinajstić information content (AvgIpc) is 2.64. The number of phenols is 1. The normalized spacial score (nSPS) is 11.9. The summed E-state index contributed by atoms with van der Waals surface area (Å²) in [6.07, 6.45) is 0. The minimum absolute atomic E-state index is 0.0234. The first-order chi connectivity index (χ1) is 13.1. The average molecular weight is 438 g/mol. The number of aromatic hydroxyl groups is 1. The van der Waals surface area contributed by atoms with Gasteiger partial charge in [0.1, 0.15) is 10.1 Å². The Hall–Kier alpha value is -2.10. The van der Waals surface area contributed by atoms with Crippen LogP contribution in [-0.4, -0.2) is 48.3 Å². The summed E-state index contributed by atoms with van der Waals surface area (Å²) < 4.78 is 25.7. The van der Waals surface area contributed by atoms with E-state index in [9.17, 15) is 13.5 Å². The van der Waals surface area contributed by atoms with Crippen LogP contribution in [0.5, 0.6) is 5.75 Å². The highest BCUT2D eigenvalue weighted by Gasteiger charge is 2.16. The van der Waals surface area contributed by atoms with Gasteiger partial charge in [-0.1, -0.05) is 53.3 Å². The zero-order chi connectivity index (χ0) is 20.9. The second-order valence-corrected chi connectivity index (χ2v) is 9.71. The first kappa shape index (κ1) is 22.2. The van der Waals surface area contributed by atoms with Crippen molar-refractivity contribution in [2.45, 2.75) is 18.7 Å². The van der Waals surface area contributed by atoms with E-state index in [0.29, 0.717) is 21.3 Å². The zero-order valence-electron chi connectivity index (χ0n) is 16.1. The highest BCUT2D eigenvalue weighted by Crippen LogP contribution is 2.22. The number of hydrogen-bond donors (Lipinski definition) is 2. The van der Waals surface area contributed by atoms with Crippen LogP contribution in [0.4, 0.5) is 0 Å². The number of hydrogen-bond acceptors (Lipinski definition) is 6. The van der Waals surface area contributed by atoms with Crippen LogP contribution >= 0.6 is 24.0 Å². The summed E-state index contributed by atoms with van der Waals surface area (Å²) >= 11 is 6.62. The van der Waals surface area contributed by atoms with Crippen LogP contribution in [0.2, 0.25) is 0 Å². The highest BCUT2D eigenvalue weighted by molar-refractivity contribution is 8.23. The number of nitrogens with zero attached hydrogens (tertiary/aromatic N) is 2. The molecule has 6 nitrogen and oxygen atoms in total. The second-order valence-electron chi connectivity index (χ2n) is 6.44. The molecular formula is C19H23N3O3S3. The molecule has 0 aliphatic carbocycles. The molecule has 0 aromatic heterocycles. The summed E-state index contributed by atoms with van der Waals surface area (Å²) in [5.74, 6) is 0.319. The number of hydrazone groups is 1. The predicted octanol–water partition coefficient (Wildman–Crippen LogP) is 3.27. The fourth-order valence-electron chi connectivity index (χ4n) is 2.20. The summed E-state index contributed by atoms with van der Waals surface area (Å²) in [4.78, 5) is 4.17. The van der Waals surface area contributed by atoms with Crippen molar-refractivity contribution in [3.05, 3.63) is 59.2 Å². The van der Waals surface area contributed by atoms with Crippen LogP contribution in [0.25, 0.3) is 0 Å². The van der Waals surface area contributed by atoms with E-state index in [-0.39, 0.29) is 10.6 Å². The monoisotopic (exact) mass is 437 g/mol. The molecule has 9 heteroatoms. The third-order valence-corrected chi connectivity index (χ3v) is 6.77. The first-order valence-electron chi connectivity index (χ1n) is 8.39. The molecule has 0 heterocycles. The van der Waals surface area contributed by atoms with Gasteiger partial charge in [0.05, 0.1) is 10.6 Å². The van der Waals surface area contributed by atoms with Gasteiger partial charge in [0.25, 0.3) is 10.0 Å². The van der Waals surface area contributed by atoms with Crippen molar-refractivity contribution in [2.24, 2.45) is 5.10 Å². The van der Waals surface area contributed by atoms with E-state index < -0.39 is 10.0 Å². The Balaban J connectivity index is 2.35. The second kappa shape index (κ2) is 9.40. The molecule has 0 aliphatic heterocycles. The molecule has 0 spiro atoms. The van der Waals surface area contributed by atoms with Crippen LogP contribution < -0.4 is 4.83 Å². The van der Waals surface area contributed by atoms with Crippen molar-refractivity contribution in [1.29, 1.82) is 0 Å². The maximum atomic E-state index is 12.6. The molecule has 2 aromatic rings.